The van der Waals surface area contributed by atoms with Gasteiger partial charge in [0.2, 0.25) is 0 Å². The molecule has 0 saturated carbocycles. The van der Waals surface area contributed by atoms with Gasteiger partial charge in [0.1, 0.15) is 18.2 Å². The van der Waals surface area contributed by atoms with Gasteiger partial charge in [0.15, 0.2) is 6.10 Å². The maximum atomic E-state index is 13.1. The molecule has 0 saturated heterocycles. The number of ether oxygens (including phenoxy) is 2. The number of carbonyl (C=O) groups excluding carboxylic acids is 1. The van der Waals surface area contributed by atoms with Crippen LogP contribution in [0.25, 0.3) is 0 Å². The van der Waals surface area contributed by atoms with E-state index in [0.29, 0.717) is 38.6 Å². The molecule has 2 aromatic rings. The summed E-state index contributed by atoms with van der Waals surface area (Å²) < 4.78 is 24.2. The molecule has 0 radical (unpaired) electrons. The largest absolute Gasteiger partial charge is 0.492 e. The lowest BCUT2D eigenvalue weighted by Crippen LogP contribution is -2.42. The topological polar surface area (TPSA) is 88.1 Å². The Morgan fingerprint density at radius 1 is 0.971 bits per heavy atom. The van der Waals surface area contributed by atoms with Crippen molar-refractivity contribution in [1.82, 2.24) is 10.2 Å². The molecule has 0 aliphatic heterocycles. The van der Waals surface area contributed by atoms with Gasteiger partial charge in [-0.25, -0.2) is 14.0 Å². The standard InChI is InChI=1S/C27H37FN2O5/c1-3-5-6-7-16-30(27(33)29-20-22-8-12-23(28)13-9-22)17-18-35-24-14-10-21(11-15-24)19-25(26(31)32)34-4-2/h8-15,25H,3-7,16-20H2,1-2H3,(H,29,33)(H,31,32). The van der Waals surface area contributed by atoms with Gasteiger partial charge >= 0.3 is 12.0 Å². The van der Waals surface area contributed by atoms with Crippen LogP contribution < -0.4 is 10.1 Å². The summed E-state index contributed by atoms with van der Waals surface area (Å²) in [5, 5.41) is 12.1. The lowest BCUT2D eigenvalue weighted by Gasteiger charge is -2.23. The van der Waals surface area contributed by atoms with Gasteiger partial charge in [0, 0.05) is 26.1 Å². The average molecular weight is 489 g/mol. The number of hydrogen-bond donors (Lipinski definition) is 2. The fourth-order valence-corrected chi connectivity index (χ4v) is 3.56. The summed E-state index contributed by atoms with van der Waals surface area (Å²) in [7, 11) is 0. The highest BCUT2D eigenvalue weighted by Crippen LogP contribution is 2.15. The molecule has 2 amide bonds. The molecule has 0 heterocycles. The van der Waals surface area contributed by atoms with Gasteiger partial charge < -0.3 is 24.8 Å². The molecule has 0 spiro atoms. The monoisotopic (exact) mass is 488 g/mol. The summed E-state index contributed by atoms with van der Waals surface area (Å²) >= 11 is 0. The number of halogens is 1. The highest BCUT2D eigenvalue weighted by Gasteiger charge is 2.18. The minimum Gasteiger partial charge on any atom is -0.492 e. The van der Waals surface area contributed by atoms with Gasteiger partial charge in [0.25, 0.3) is 0 Å². The van der Waals surface area contributed by atoms with Crippen LogP contribution in [0.2, 0.25) is 0 Å². The predicted octanol–water partition coefficient (Wildman–Crippen LogP) is 5.03. The summed E-state index contributed by atoms with van der Waals surface area (Å²) in [6, 6.07) is 13.1. The van der Waals surface area contributed by atoms with Crippen LogP contribution in [0.5, 0.6) is 5.75 Å². The van der Waals surface area contributed by atoms with Gasteiger partial charge in [-0.15, -0.1) is 0 Å². The van der Waals surface area contributed by atoms with Gasteiger partial charge in [-0.3, -0.25) is 0 Å². The fraction of sp³-hybridized carbons (Fsp3) is 0.481. The maximum Gasteiger partial charge on any atom is 0.333 e. The van der Waals surface area contributed by atoms with Crippen LogP contribution >= 0.6 is 0 Å². The van der Waals surface area contributed by atoms with Crippen molar-refractivity contribution < 1.29 is 28.6 Å². The van der Waals surface area contributed by atoms with Crippen LogP contribution in [-0.4, -0.2) is 54.4 Å². The number of rotatable bonds is 16. The van der Waals surface area contributed by atoms with Crippen molar-refractivity contribution >= 4 is 12.0 Å². The Hall–Kier alpha value is -3.13. The zero-order valence-corrected chi connectivity index (χ0v) is 20.7. The van der Waals surface area contributed by atoms with Crippen LogP contribution in [0.1, 0.15) is 50.7 Å². The summed E-state index contributed by atoms with van der Waals surface area (Å²) in [5.41, 5.74) is 1.67. The lowest BCUT2D eigenvalue weighted by molar-refractivity contribution is -0.149. The number of benzene rings is 2. The number of aliphatic carboxylic acids is 1. The Balaban J connectivity index is 1.86. The van der Waals surface area contributed by atoms with Crippen molar-refractivity contribution in [3.8, 4) is 5.75 Å². The number of hydrogen-bond acceptors (Lipinski definition) is 4. The van der Waals surface area contributed by atoms with Crippen molar-refractivity contribution in [2.75, 3.05) is 26.3 Å². The molecule has 2 N–H and O–H groups in total. The zero-order chi connectivity index (χ0) is 25.5. The molecule has 2 aromatic carbocycles. The molecule has 0 fully saturated rings. The van der Waals surface area contributed by atoms with E-state index >= 15 is 0 Å². The van der Waals surface area contributed by atoms with Gasteiger partial charge in [-0.1, -0.05) is 50.5 Å². The Morgan fingerprint density at radius 3 is 2.29 bits per heavy atom. The van der Waals surface area contributed by atoms with Crippen LogP contribution in [0.3, 0.4) is 0 Å². The molecular formula is C27H37FN2O5. The van der Waals surface area contributed by atoms with E-state index in [1.807, 2.05) is 12.1 Å². The van der Waals surface area contributed by atoms with E-state index in [2.05, 4.69) is 12.2 Å². The number of carboxylic acids is 1. The van der Waals surface area contributed by atoms with Gasteiger partial charge in [-0.05, 0) is 48.7 Å². The van der Waals surface area contributed by atoms with E-state index in [1.54, 1.807) is 36.1 Å². The van der Waals surface area contributed by atoms with E-state index in [-0.39, 0.29) is 18.3 Å². The molecule has 0 aliphatic carbocycles. The fourth-order valence-electron chi connectivity index (χ4n) is 3.56. The second-order valence-electron chi connectivity index (χ2n) is 8.31. The van der Waals surface area contributed by atoms with E-state index in [9.17, 15) is 19.1 Å². The lowest BCUT2D eigenvalue weighted by atomic mass is 10.1. The summed E-state index contributed by atoms with van der Waals surface area (Å²) in [6.45, 7) is 5.96. The van der Waals surface area contributed by atoms with Crippen LogP contribution in [0, 0.1) is 5.82 Å². The normalized spacial score (nSPS) is 11.6. The maximum absolute atomic E-state index is 13.1. The highest BCUT2D eigenvalue weighted by molar-refractivity contribution is 5.74. The molecule has 2 rings (SSSR count). The number of nitrogens with one attached hydrogen (secondary N) is 1. The predicted molar refractivity (Wildman–Crippen MR) is 133 cm³/mol. The van der Waals surface area contributed by atoms with Gasteiger partial charge in [0.05, 0.1) is 6.54 Å². The number of carbonyl (C=O) groups is 2. The number of nitrogens with zero attached hydrogens (tertiary/aromatic N) is 1. The van der Waals surface area contributed by atoms with Crippen molar-refractivity contribution in [2.24, 2.45) is 0 Å². The van der Waals surface area contributed by atoms with E-state index in [0.717, 1.165) is 36.8 Å². The van der Waals surface area contributed by atoms with E-state index in [1.165, 1.54) is 12.1 Å². The van der Waals surface area contributed by atoms with Crippen molar-refractivity contribution in [3.05, 3.63) is 65.5 Å². The van der Waals surface area contributed by atoms with E-state index < -0.39 is 12.1 Å². The first kappa shape index (κ1) is 28.1. The Labute approximate surface area is 207 Å². The summed E-state index contributed by atoms with van der Waals surface area (Å²) in [5.74, 6) is -0.641. The third-order valence-corrected chi connectivity index (χ3v) is 5.54. The second kappa shape index (κ2) is 15.7. The molecule has 8 heteroatoms. The number of carboxylic acid groups (broad SMARTS) is 1. The molecule has 1 unspecified atom stereocenters. The molecule has 35 heavy (non-hydrogen) atoms. The van der Waals surface area contributed by atoms with Crippen LogP contribution in [-0.2, 0) is 22.5 Å². The average Bonchev–Trinajstić information content (AvgIpc) is 2.85. The third kappa shape index (κ3) is 10.8. The Kier molecular flexibility index (Phi) is 12.6. The molecular weight excluding hydrogens is 451 g/mol. The first-order chi connectivity index (χ1) is 16.9. The van der Waals surface area contributed by atoms with Crippen molar-refractivity contribution in [2.45, 2.75) is 58.6 Å². The zero-order valence-electron chi connectivity index (χ0n) is 20.7. The number of amides is 2. The quantitative estimate of drug-likeness (QED) is 0.324. The minimum atomic E-state index is -0.982. The minimum absolute atomic E-state index is 0.180. The molecule has 0 aromatic heterocycles. The van der Waals surface area contributed by atoms with Crippen molar-refractivity contribution in [1.29, 1.82) is 0 Å². The van der Waals surface area contributed by atoms with Gasteiger partial charge in [-0.2, -0.15) is 0 Å². The first-order valence-electron chi connectivity index (χ1n) is 12.3. The van der Waals surface area contributed by atoms with Crippen LogP contribution in [0.4, 0.5) is 9.18 Å². The highest BCUT2D eigenvalue weighted by atomic mass is 19.1. The Bertz CT molecular complexity index is 889. The SMILES string of the molecule is CCCCCCN(CCOc1ccc(CC(OCC)C(=O)O)cc1)C(=O)NCc1ccc(F)cc1. The van der Waals surface area contributed by atoms with E-state index in [4.69, 9.17) is 9.47 Å². The molecule has 0 aliphatic rings. The first-order valence-corrected chi connectivity index (χ1v) is 12.3. The van der Waals surface area contributed by atoms with Crippen molar-refractivity contribution in [3.63, 3.8) is 0 Å². The molecule has 192 valence electrons. The van der Waals surface area contributed by atoms with Crippen LogP contribution in [0.15, 0.2) is 48.5 Å². The molecule has 7 nitrogen and oxygen atoms in total. The second-order valence-corrected chi connectivity index (χ2v) is 8.31. The molecule has 1 atom stereocenters. The summed E-state index contributed by atoms with van der Waals surface area (Å²) in [6.07, 6.45) is 3.62. The third-order valence-electron chi connectivity index (χ3n) is 5.54. The summed E-state index contributed by atoms with van der Waals surface area (Å²) in [4.78, 5) is 25.8. The Morgan fingerprint density at radius 2 is 1.66 bits per heavy atom. The number of urea groups is 1. The smallest absolute Gasteiger partial charge is 0.333 e. The molecule has 0 bridgehead atoms. The number of unbranched alkanes of at least 4 members (excludes halogenated alkanes) is 3.